The molecule has 2 N–H and O–H groups in total. The average molecular weight is 215 g/mol. The van der Waals surface area contributed by atoms with Gasteiger partial charge in [-0.3, -0.25) is 0 Å². The summed E-state index contributed by atoms with van der Waals surface area (Å²) in [6.07, 6.45) is 6.22. The summed E-state index contributed by atoms with van der Waals surface area (Å²) in [7, 11) is 1.81. The first-order valence-corrected chi connectivity index (χ1v) is 6.01. The van der Waals surface area contributed by atoms with Crippen LogP contribution in [0.1, 0.15) is 39.0 Å². The first kappa shape index (κ1) is 12.9. The van der Waals surface area contributed by atoms with E-state index >= 15 is 0 Å². The van der Waals surface area contributed by atoms with Gasteiger partial charge in [-0.1, -0.05) is 6.92 Å². The van der Waals surface area contributed by atoms with Crippen molar-refractivity contribution in [3.8, 4) is 0 Å². The lowest BCUT2D eigenvalue weighted by Crippen LogP contribution is -2.32. The van der Waals surface area contributed by atoms with E-state index in [2.05, 4.69) is 6.92 Å². The Morgan fingerprint density at radius 1 is 1.33 bits per heavy atom. The van der Waals surface area contributed by atoms with Crippen LogP contribution in [0.4, 0.5) is 0 Å². The fraction of sp³-hybridized carbons (Fsp3) is 1.00. The maximum Gasteiger partial charge on any atom is 0.0571 e. The Balaban J connectivity index is 2.17. The highest BCUT2D eigenvalue weighted by Gasteiger charge is 2.31. The van der Waals surface area contributed by atoms with Gasteiger partial charge >= 0.3 is 0 Å². The minimum atomic E-state index is 0.365. The van der Waals surface area contributed by atoms with Gasteiger partial charge in [0.25, 0.3) is 0 Å². The molecule has 0 unspecified atom stereocenters. The summed E-state index contributed by atoms with van der Waals surface area (Å²) in [4.78, 5) is 0. The van der Waals surface area contributed by atoms with Gasteiger partial charge in [0, 0.05) is 13.7 Å². The van der Waals surface area contributed by atoms with E-state index in [4.69, 9.17) is 15.2 Å². The second-order valence-corrected chi connectivity index (χ2v) is 4.94. The zero-order valence-electron chi connectivity index (χ0n) is 10.1. The smallest absolute Gasteiger partial charge is 0.0571 e. The van der Waals surface area contributed by atoms with E-state index in [1.165, 1.54) is 25.7 Å². The van der Waals surface area contributed by atoms with Crippen LogP contribution < -0.4 is 5.73 Å². The van der Waals surface area contributed by atoms with E-state index < -0.39 is 0 Å². The molecule has 0 bridgehead atoms. The Labute approximate surface area is 93.3 Å². The van der Waals surface area contributed by atoms with Crippen LogP contribution in [0.15, 0.2) is 0 Å². The average Bonchev–Trinajstić information content (AvgIpc) is 2.26. The second-order valence-electron chi connectivity index (χ2n) is 4.94. The highest BCUT2D eigenvalue weighted by atomic mass is 16.5. The molecule has 15 heavy (non-hydrogen) atoms. The van der Waals surface area contributed by atoms with E-state index in [1.54, 1.807) is 0 Å². The molecule has 1 saturated carbocycles. The fourth-order valence-corrected chi connectivity index (χ4v) is 2.17. The third kappa shape index (κ3) is 4.49. The third-order valence-electron chi connectivity index (χ3n) is 3.42. The van der Waals surface area contributed by atoms with E-state index in [-0.39, 0.29) is 0 Å². The monoisotopic (exact) mass is 215 g/mol. The minimum Gasteiger partial charge on any atom is -0.381 e. The van der Waals surface area contributed by atoms with E-state index in [9.17, 15) is 0 Å². The van der Waals surface area contributed by atoms with Gasteiger partial charge < -0.3 is 15.2 Å². The van der Waals surface area contributed by atoms with Gasteiger partial charge in [0.2, 0.25) is 0 Å². The zero-order chi connectivity index (χ0) is 11.1. The van der Waals surface area contributed by atoms with Crippen molar-refractivity contribution >= 4 is 0 Å². The molecular weight excluding hydrogens is 190 g/mol. The molecule has 1 aliphatic rings. The SMILES string of the molecule is COC1CCC(C)(COCCCN)CC1. The topological polar surface area (TPSA) is 44.5 Å². The summed E-state index contributed by atoms with van der Waals surface area (Å²) < 4.78 is 11.0. The Bertz CT molecular complexity index is 165. The quantitative estimate of drug-likeness (QED) is 0.689. The molecule has 1 rings (SSSR count). The van der Waals surface area contributed by atoms with Crippen LogP contribution in [0.5, 0.6) is 0 Å². The van der Waals surface area contributed by atoms with Gasteiger partial charge in [-0.25, -0.2) is 0 Å². The van der Waals surface area contributed by atoms with Crippen LogP contribution in [-0.2, 0) is 9.47 Å². The number of hydrogen-bond donors (Lipinski definition) is 1. The third-order valence-corrected chi connectivity index (χ3v) is 3.42. The number of nitrogens with two attached hydrogens (primary N) is 1. The molecule has 1 fully saturated rings. The van der Waals surface area contributed by atoms with Gasteiger partial charge in [-0.05, 0) is 44.1 Å². The molecule has 0 spiro atoms. The Hall–Kier alpha value is -0.120. The second kappa shape index (κ2) is 6.46. The molecule has 0 amide bonds. The number of rotatable bonds is 6. The number of ether oxygens (including phenoxy) is 2. The molecule has 0 aromatic rings. The van der Waals surface area contributed by atoms with Crippen LogP contribution in [-0.4, -0.2) is 33.0 Å². The first-order chi connectivity index (χ1) is 7.20. The molecule has 0 atom stereocenters. The molecule has 0 heterocycles. The van der Waals surface area contributed by atoms with Crippen LogP contribution >= 0.6 is 0 Å². The van der Waals surface area contributed by atoms with Crippen molar-refractivity contribution in [1.82, 2.24) is 0 Å². The van der Waals surface area contributed by atoms with Crippen molar-refractivity contribution in [1.29, 1.82) is 0 Å². The van der Waals surface area contributed by atoms with Crippen molar-refractivity contribution in [2.45, 2.75) is 45.1 Å². The molecule has 1 aliphatic carbocycles. The van der Waals surface area contributed by atoms with Crippen LogP contribution in [0.2, 0.25) is 0 Å². The predicted molar refractivity (Wildman–Crippen MR) is 61.9 cm³/mol. The van der Waals surface area contributed by atoms with Gasteiger partial charge in [-0.2, -0.15) is 0 Å². The van der Waals surface area contributed by atoms with Crippen molar-refractivity contribution in [2.75, 3.05) is 26.9 Å². The number of hydrogen-bond acceptors (Lipinski definition) is 3. The first-order valence-electron chi connectivity index (χ1n) is 6.01. The van der Waals surface area contributed by atoms with E-state index in [1.807, 2.05) is 7.11 Å². The van der Waals surface area contributed by atoms with Crippen molar-refractivity contribution in [3.63, 3.8) is 0 Å². The zero-order valence-corrected chi connectivity index (χ0v) is 10.1. The maximum atomic E-state index is 5.66. The molecule has 0 aromatic carbocycles. The predicted octanol–water partition coefficient (Wildman–Crippen LogP) is 1.95. The molecule has 3 heteroatoms. The van der Waals surface area contributed by atoms with Crippen LogP contribution in [0.3, 0.4) is 0 Å². The highest BCUT2D eigenvalue weighted by molar-refractivity contribution is 4.82. The van der Waals surface area contributed by atoms with Gasteiger partial charge in [0.1, 0.15) is 0 Å². The molecule has 0 saturated heterocycles. The number of methoxy groups -OCH3 is 1. The summed E-state index contributed by atoms with van der Waals surface area (Å²) in [5.74, 6) is 0. The Morgan fingerprint density at radius 2 is 2.00 bits per heavy atom. The van der Waals surface area contributed by atoms with Crippen molar-refractivity contribution in [2.24, 2.45) is 11.1 Å². The fourth-order valence-electron chi connectivity index (χ4n) is 2.17. The lowest BCUT2D eigenvalue weighted by Gasteiger charge is -2.36. The van der Waals surface area contributed by atoms with Gasteiger partial charge in [0.05, 0.1) is 12.7 Å². The van der Waals surface area contributed by atoms with Crippen LogP contribution in [0, 0.1) is 5.41 Å². The molecule has 0 aliphatic heterocycles. The van der Waals surface area contributed by atoms with Crippen molar-refractivity contribution in [3.05, 3.63) is 0 Å². The molecule has 0 aromatic heterocycles. The largest absolute Gasteiger partial charge is 0.381 e. The molecular formula is C12H25NO2. The van der Waals surface area contributed by atoms with Gasteiger partial charge in [-0.15, -0.1) is 0 Å². The summed E-state index contributed by atoms with van der Waals surface area (Å²) in [6.45, 7) is 4.73. The Morgan fingerprint density at radius 3 is 2.53 bits per heavy atom. The summed E-state index contributed by atoms with van der Waals surface area (Å²) in [5.41, 5.74) is 5.79. The lowest BCUT2D eigenvalue weighted by atomic mass is 9.75. The summed E-state index contributed by atoms with van der Waals surface area (Å²) in [5, 5.41) is 0. The van der Waals surface area contributed by atoms with Gasteiger partial charge in [0.15, 0.2) is 0 Å². The lowest BCUT2D eigenvalue weighted by molar-refractivity contribution is -0.0136. The molecule has 90 valence electrons. The van der Waals surface area contributed by atoms with E-state index in [0.717, 1.165) is 26.2 Å². The molecule has 3 nitrogen and oxygen atoms in total. The van der Waals surface area contributed by atoms with Crippen LogP contribution in [0.25, 0.3) is 0 Å². The standard InChI is InChI=1S/C12H25NO2/c1-12(10-15-9-3-8-13)6-4-11(14-2)5-7-12/h11H,3-10,13H2,1-2H3. The summed E-state index contributed by atoms with van der Waals surface area (Å²) >= 11 is 0. The van der Waals surface area contributed by atoms with E-state index in [0.29, 0.717) is 11.5 Å². The van der Waals surface area contributed by atoms with Crippen molar-refractivity contribution < 1.29 is 9.47 Å². The summed E-state index contributed by atoms with van der Waals surface area (Å²) in [6, 6.07) is 0. The Kier molecular flexibility index (Phi) is 5.58. The normalized spacial score (nSPS) is 31.8. The maximum absolute atomic E-state index is 5.66. The minimum absolute atomic E-state index is 0.365. The highest BCUT2D eigenvalue weighted by Crippen LogP contribution is 2.36. The molecule has 0 radical (unpaired) electrons.